The van der Waals surface area contributed by atoms with Crippen molar-refractivity contribution < 1.29 is 32.3 Å². The lowest BCUT2D eigenvalue weighted by Crippen LogP contribution is -2.41. The fourth-order valence-electron chi connectivity index (χ4n) is 1.07. The fourth-order valence-corrected chi connectivity index (χ4v) is 1.92. The van der Waals surface area contributed by atoms with E-state index in [0.717, 1.165) is 0 Å². The molecule has 0 aromatic carbocycles. The number of carbonyl (C=O) groups is 1. The molecule has 0 atom stereocenters. The molecule has 0 heterocycles. The summed E-state index contributed by atoms with van der Waals surface area (Å²) >= 11 is 0. The maximum atomic E-state index is 10.8. The monoisotopic (exact) mass is 296 g/mol. The molecule has 0 aromatic heterocycles. The highest BCUT2D eigenvalue weighted by Gasteiger charge is 2.31. The molecule has 114 valence electrons. The van der Waals surface area contributed by atoms with Crippen LogP contribution in [0.2, 0.25) is 6.55 Å². The third-order valence-corrected chi connectivity index (χ3v) is 4.60. The van der Waals surface area contributed by atoms with Gasteiger partial charge in [-0.1, -0.05) is 0 Å². The first-order valence-electron chi connectivity index (χ1n) is 6.04. The van der Waals surface area contributed by atoms with Crippen molar-refractivity contribution in [1.29, 1.82) is 0 Å². The van der Waals surface area contributed by atoms with E-state index in [1.165, 1.54) is 7.11 Å². The number of ether oxygens (including phenoxy) is 3. The van der Waals surface area contributed by atoms with Gasteiger partial charge in [-0.05, 0) is 0 Å². The second kappa shape index (κ2) is 11.3. The molecule has 0 saturated carbocycles. The molecule has 0 N–H and O–H groups in total. The molecule has 19 heavy (non-hydrogen) atoms. The van der Waals surface area contributed by atoms with Gasteiger partial charge in [0, 0.05) is 20.8 Å². The summed E-state index contributed by atoms with van der Waals surface area (Å²) in [5, 5.41) is 0. The minimum Gasteiger partial charge on any atom is -0.469 e. The highest BCUT2D eigenvalue weighted by Crippen LogP contribution is 2.05. The minimum absolute atomic E-state index is 0.255. The van der Waals surface area contributed by atoms with E-state index in [4.69, 9.17) is 22.8 Å². The van der Waals surface area contributed by atoms with Crippen LogP contribution in [0.3, 0.4) is 0 Å². The Hall–Kier alpha value is -0.513. The molecule has 0 aliphatic heterocycles. The molecule has 7 nitrogen and oxygen atoms in total. The summed E-state index contributed by atoms with van der Waals surface area (Å²) < 4.78 is 30.7. The lowest BCUT2D eigenvalue weighted by atomic mass is 10.5. The Balaban J connectivity index is 3.30. The van der Waals surface area contributed by atoms with Crippen molar-refractivity contribution in [3.63, 3.8) is 0 Å². The van der Waals surface area contributed by atoms with Gasteiger partial charge in [0.2, 0.25) is 0 Å². The highest BCUT2D eigenvalue weighted by atomic mass is 28.4. The van der Waals surface area contributed by atoms with Crippen molar-refractivity contribution >= 4 is 14.8 Å². The summed E-state index contributed by atoms with van der Waals surface area (Å²) in [6, 6.07) is 0. The van der Waals surface area contributed by atoms with Gasteiger partial charge in [-0.3, -0.25) is 4.79 Å². The zero-order valence-corrected chi connectivity index (χ0v) is 13.1. The molecule has 0 radical (unpaired) electrons. The molecule has 0 amide bonds. The van der Waals surface area contributed by atoms with E-state index < -0.39 is 8.80 Å². The van der Waals surface area contributed by atoms with E-state index in [9.17, 15) is 4.79 Å². The number of methoxy groups -OCH3 is 1. The van der Waals surface area contributed by atoms with E-state index in [1.807, 2.05) is 6.55 Å². The molecule has 0 rings (SSSR count). The minimum atomic E-state index is -2.46. The Kier molecular flexibility index (Phi) is 11.0. The maximum Gasteiger partial charge on any atom is 0.497 e. The second-order valence-corrected chi connectivity index (χ2v) is 6.50. The summed E-state index contributed by atoms with van der Waals surface area (Å²) in [6.07, 6.45) is 0.255. The molecule has 0 aromatic rings. The zero-order valence-electron chi connectivity index (χ0n) is 12.1. The van der Waals surface area contributed by atoms with Gasteiger partial charge >= 0.3 is 14.8 Å². The average molecular weight is 296 g/mol. The van der Waals surface area contributed by atoms with Crippen LogP contribution in [0.1, 0.15) is 6.42 Å². The Bertz CT molecular complexity index is 233. The average Bonchev–Trinajstić information content (AvgIpc) is 2.44. The molecule has 0 aliphatic carbocycles. The summed E-state index contributed by atoms with van der Waals surface area (Å²) in [4.78, 5) is 10.8. The van der Waals surface area contributed by atoms with Gasteiger partial charge in [0.1, 0.15) is 0 Å². The van der Waals surface area contributed by atoms with Crippen LogP contribution in [0, 0.1) is 0 Å². The summed E-state index contributed by atoms with van der Waals surface area (Å²) in [6.45, 7) is 3.87. The zero-order chi connectivity index (χ0) is 14.6. The van der Waals surface area contributed by atoms with Crippen molar-refractivity contribution in [3.8, 4) is 0 Å². The normalized spacial score (nSPS) is 11.6. The number of hydrogen-bond donors (Lipinski definition) is 0. The second-order valence-electron chi connectivity index (χ2n) is 3.67. The van der Waals surface area contributed by atoms with Gasteiger partial charge in [-0.2, -0.15) is 0 Å². The smallest absolute Gasteiger partial charge is 0.469 e. The van der Waals surface area contributed by atoms with Gasteiger partial charge in [0.25, 0.3) is 0 Å². The molecular weight excluding hydrogens is 272 g/mol. The Morgan fingerprint density at radius 3 is 1.95 bits per heavy atom. The van der Waals surface area contributed by atoms with E-state index in [1.54, 1.807) is 14.2 Å². The first-order valence-corrected chi connectivity index (χ1v) is 8.27. The molecule has 0 fully saturated rings. The summed E-state index contributed by atoms with van der Waals surface area (Å²) in [5.41, 5.74) is 0. The lowest BCUT2D eigenvalue weighted by molar-refractivity contribution is -0.141. The van der Waals surface area contributed by atoms with Crippen molar-refractivity contribution in [3.05, 3.63) is 0 Å². The van der Waals surface area contributed by atoms with E-state index in [0.29, 0.717) is 33.0 Å². The van der Waals surface area contributed by atoms with Gasteiger partial charge in [0.15, 0.2) is 0 Å². The van der Waals surface area contributed by atoms with Gasteiger partial charge in [-0.25, -0.2) is 0 Å². The van der Waals surface area contributed by atoms with Crippen molar-refractivity contribution in [2.24, 2.45) is 0 Å². The van der Waals surface area contributed by atoms with Crippen LogP contribution in [0.15, 0.2) is 0 Å². The van der Waals surface area contributed by atoms with Gasteiger partial charge < -0.3 is 27.5 Å². The number of esters is 1. The largest absolute Gasteiger partial charge is 0.497 e. The molecule has 0 saturated heterocycles. The summed E-state index contributed by atoms with van der Waals surface area (Å²) in [7, 11) is 2.01. The molecule has 0 aliphatic rings. The predicted octanol–water partition coefficient (Wildman–Crippen LogP) is 0.461. The molecule has 0 spiro atoms. The van der Waals surface area contributed by atoms with Gasteiger partial charge in [0.05, 0.1) is 46.6 Å². The first-order chi connectivity index (χ1) is 9.08. The molecule has 8 heteroatoms. The van der Waals surface area contributed by atoms with E-state index in [-0.39, 0.29) is 12.4 Å². The third kappa shape index (κ3) is 9.99. The highest BCUT2D eigenvalue weighted by molar-refractivity contribution is 6.59. The number of rotatable bonds is 12. The molecule has 0 unspecified atom stereocenters. The Labute approximate surface area is 115 Å². The third-order valence-electron chi connectivity index (χ3n) is 2.38. The maximum absolute atomic E-state index is 10.8. The molecule has 0 bridgehead atoms. The lowest BCUT2D eigenvalue weighted by Gasteiger charge is -2.21. The number of hydrogen-bond acceptors (Lipinski definition) is 7. The Morgan fingerprint density at radius 1 is 0.895 bits per heavy atom. The fraction of sp³-hybridized carbons (Fsp3) is 0.909. The van der Waals surface area contributed by atoms with Crippen molar-refractivity contribution in [2.45, 2.75) is 13.0 Å². The molecular formula is C11H24O7Si. The van der Waals surface area contributed by atoms with Crippen LogP contribution in [0.5, 0.6) is 0 Å². The van der Waals surface area contributed by atoms with Crippen LogP contribution in [-0.2, 0) is 32.3 Å². The number of carbonyl (C=O) groups excluding carboxylic acids is 1. The van der Waals surface area contributed by atoms with E-state index in [2.05, 4.69) is 4.74 Å². The van der Waals surface area contributed by atoms with Crippen molar-refractivity contribution in [2.75, 3.05) is 54.4 Å². The van der Waals surface area contributed by atoms with Crippen molar-refractivity contribution in [1.82, 2.24) is 0 Å². The van der Waals surface area contributed by atoms with Crippen LogP contribution in [-0.4, -0.2) is 69.1 Å². The SMILES string of the molecule is COC(=O)CCOCCOCCO[Si](C)(OC)OC. The van der Waals surface area contributed by atoms with Crippen LogP contribution < -0.4 is 0 Å². The standard InChI is InChI=1S/C11H24O7Si/c1-13-11(12)5-6-16-7-8-17-9-10-18-19(4,14-2)15-3/h5-10H2,1-4H3. The van der Waals surface area contributed by atoms with Gasteiger partial charge in [-0.15, -0.1) is 0 Å². The van der Waals surface area contributed by atoms with Crippen LogP contribution in [0.25, 0.3) is 0 Å². The van der Waals surface area contributed by atoms with E-state index >= 15 is 0 Å². The topological polar surface area (TPSA) is 72.5 Å². The summed E-state index contributed by atoms with van der Waals surface area (Å²) in [5.74, 6) is -0.280. The Morgan fingerprint density at radius 2 is 1.42 bits per heavy atom. The first kappa shape index (κ1) is 18.5. The quantitative estimate of drug-likeness (QED) is 0.294. The van der Waals surface area contributed by atoms with Crippen LogP contribution in [0.4, 0.5) is 0 Å². The predicted molar refractivity (Wildman–Crippen MR) is 69.9 cm³/mol. The van der Waals surface area contributed by atoms with Crippen LogP contribution >= 0.6 is 0 Å².